The van der Waals surface area contributed by atoms with Crippen LogP contribution in [-0.4, -0.2) is 0 Å². The van der Waals surface area contributed by atoms with Crippen molar-refractivity contribution in [2.24, 2.45) is 23.7 Å². The van der Waals surface area contributed by atoms with E-state index in [-0.39, 0.29) is 0 Å². The third kappa shape index (κ3) is 3.32. The summed E-state index contributed by atoms with van der Waals surface area (Å²) >= 11 is 0. The van der Waals surface area contributed by atoms with E-state index in [9.17, 15) is 0 Å². The fourth-order valence-electron chi connectivity index (χ4n) is 2.84. The Bertz CT molecular complexity index is 137. The zero-order valence-corrected chi connectivity index (χ0v) is 9.84. The van der Waals surface area contributed by atoms with Gasteiger partial charge >= 0.3 is 0 Å². The Morgan fingerprint density at radius 1 is 1.15 bits per heavy atom. The molecule has 13 heavy (non-hydrogen) atoms. The molecule has 0 nitrogen and oxygen atoms in total. The molecular weight excluding hydrogens is 156 g/mol. The normalized spacial score (nSPS) is 31.2. The molecule has 1 rings (SSSR count). The Hall–Kier alpha value is 0. The summed E-state index contributed by atoms with van der Waals surface area (Å²) in [5.74, 6) is 3.98. The highest BCUT2D eigenvalue weighted by Crippen LogP contribution is 2.39. The maximum absolute atomic E-state index is 2.43. The van der Waals surface area contributed by atoms with E-state index in [0.717, 1.165) is 23.7 Å². The molecule has 1 aliphatic carbocycles. The van der Waals surface area contributed by atoms with Gasteiger partial charge in [-0.2, -0.15) is 0 Å². The number of hydrogen-bond donors (Lipinski definition) is 0. The Morgan fingerprint density at radius 2 is 1.85 bits per heavy atom. The van der Waals surface area contributed by atoms with E-state index in [1.54, 1.807) is 0 Å². The molecule has 1 aliphatic rings. The molecule has 0 aromatic carbocycles. The van der Waals surface area contributed by atoms with Gasteiger partial charge in [-0.1, -0.05) is 40.5 Å². The zero-order valence-electron chi connectivity index (χ0n) is 9.84. The predicted octanol–water partition coefficient (Wildman–Crippen LogP) is 4.49. The SMILES string of the molecule is CCC(C)C1CCC(CC(C)C)C1. The summed E-state index contributed by atoms with van der Waals surface area (Å²) in [5.41, 5.74) is 0. The van der Waals surface area contributed by atoms with Crippen molar-refractivity contribution < 1.29 is 0 Å². The maximum atomic E-state index is 2.43. The fraction of sp³-hybridized carbons (Fsp3) is 1.00. The highest BCUT2D eigenvalue weighted by molar-refractivity contribution is 4.79. The van der Waals surface area contributed by atoms with Crippen molar-refractivity contribution in [3.8, 4) is 0 Å². The van der Waals surface area contributed by atoms with Crippen molar-refractivity contribution in [3.05, 3.63) is 0 Å². The zero-order chi connectivity index (χ0) is 9.84. The van der Waals surface area contributed by atoms with Crippen molar-refractivity contribution in [3.63, 3.8) is 0 Å². The van der Waals surface area contributed by atoms with E-state index in [1.807, 2.05) is 0 Å². The second-order valence-corrected chi connectivity index (χ2v) is 5.45. The Labute approximate surface area is 84.1 Å². The molecule has 3 unspecified atom stereocenters. The minimum atomic E-state index is 0.903. The molecule has 0 spiro atoms. The van der Waals surface area contributed by atoms with Gasteiger partial charge in [-0.05, 0) is 42.9 Å². The third-order valence-corrected chi connectivity index (χ3v) is 3.84. The molecule has 0 N–H and O–H groups in total. The van der Waals surface area contributed by atoms with Crippen LogP contribution in [0.25, 0.3) is 0 Å². The molecule has 0 bridgehead atoms. The van der Waals surface area contributed by atoms with Crippen molar-refractivity contribution >= 4 is 0 Å². The van der Waals surface area contributed by atoms with E-state index in [1.165, 1.54) is 32.1 Å². The summed E-state index contributed by atoms with van der Waals surface area (Å²) in [6, 6.07) is 0. The quantitative estimate of drug-likeness (QED) is 0.600. The smallest absolute Gasteiger partial charge is 0.0386 e. The molecule has 0 heteroatoms. The van der Waals surface area contributed by atoms with Gasteiger partial charge in [-0.25, -0.2) is 0 Å². The Balaban J connectivity index is 2.27. The molecule has 0 heterocycles. The van der Waals surface area contributed by atoms with E-state index >= 15 is 0 Å². The van der Waals surface area contributed by atoms with Gasteiger partial charge in [-0.15, -0.1) is 0 Å². The third-order valence-electron chi connectivity index (χ3n) is 3.84. The Morgan fingerprint density at radius 3 is 2.38 bits per heavy atom. The van der Waals surface area contributed by atoms with Crippen molar-refractivity contribution in [2.75, 3.05) is 0 Å². The van der Waals surface area contributed by atoms with E-state index in [0.29, 0.717) is 0 Å². The first-order valence-corrected chi connectivity index (χ1v) is 6.13. The summed E-state index contributed by atoms with van der Waals surface area (Å²) in [4.78, 5) is 0. The van der Waals surface area contributed by atoms with Crippen LogP contribution in [0, 0.1) is 23.7 Å². The average molecular weight is 182 g/mol. The Kier molecular flexibility index (Phi) is 4.28. The van der Waals surface area contributed by atoms with Crippen LogP contribution in [0.1, 0.15) is 59.8 Å². The number of rotatable bonds is 4. The van der Waals surface area contributed by atoms with Crippen LogP contribution in [0.4, 0.5) is 0 Å². The molecule has 0 radical (unpaired) electrons. The van der Waals surface area contributed by atoms with Crippen LogP contribution in [-0.2, 0) is 0 Å². The van der Waals surface area contributed by atoms with Crippen LogP contribution in [0.2, 0.25) is 0 Å². The van der Waals surface area contributed by atoms with Gasteiger partial charge < -0.3 is 0 Å². The van der Waals surface area contributed by atoms with Crippen LogP contribution in [0.3, 0.4) is 0 Å². The lowest BCUT2D eigenvalue weighted by molar-refractivity contribution is 0.330. The standard InChI is InChI=1S/C13H26/c1-5-11(4)13-7-6-12(9-13)8-10(2)3/h10-13H,5-9H2,1-4H3. The highest BCUT2D eigenvalue weighted by atomic mass is 14.3. The minimum Gasteiger partial charge on any atom is -0.0651 e. The topological polar surface area (TPSA) is 0 Å². The highest BCUT2D eigenvalue weighted by Gasteiger charge is 2.27. The lowest BCUT2D eigenvalue weighted by Crippen LogP contribution is -2.07. The van der Waals surface area contributed by atoms with Crippen molar-refractivity contribution in [1.82, 2.24) is 0 Å². The molecule has 78 valence electrons. The number of hydrogen-bond acceptors (Lipinski definition) is 0. The largest absolute Gasteiger partial charge is 0.0651 e. The van der Waals surface area contributed by atoms with Crippen molar-refractivity contribution in [2.45, 2.75) is 59.8 Å². The molecule has 0 aromatic rings. The van der Waals surface area contributed by atoms with E-state index in [2.05, 4.69) is 27.7 Å². The van der Waals surface area contributed by atoms with Crippen LogP contribution >= 0.6 is 0 Å². The van der Waals surface area contributed by atoms with Gasteiger partial charge in [0, 0.05) is 0 Å². The molecule has 0 aliphatic heterocycles. The molecular formula is C13H26. The fourth-order valence-corrected chi connectivity index (χ4v) is 2.84. The minimum absolute atomic E-state index is 0.903. The molecule has 3 atom stereocenters. The molecule has 0 aromatic heterocycles. The summed E-state index contributed by atoms with van der Waals surface area (Å²) in [6.45, 7) is 9.48. The van der Waals surface area contributed by atoms with Gasteiger partial charge in [0.2, 0.25) is 0 Å². The van der Waals surface area contributed by atoms with Crippen LogP contribution in [0.15, 0.2) is 0 Å². The maximum Gasteiger partial charge on any atom is -0.0386 e. The van der Waals surface area contributed by atoms with E-state index < -0.39 is 0 Å². The lowest BCUT2D eigenvalue weighted by Gasteiger charge is -2.18. The second kappa shape index (κ2) is 5.02. The first kappa shape index (κ1) is 11.1. The average Bonchev–Trinajstić information content (AvgIpc) is 2.50. The molecule has 0 amide bonds. The summed E-state index contributed by atoms with van der Waals surface area (Å²) in [7, 11) is 0. The molecule has 1 fully saturated rings. The molecule has 0 saturated heterocycles. The first-order chi connectivity index (χ1) is 6.13. The van der Waals surface area contributed by atoms with Crippen molar-refractivity contribution in [1.29, 1.82) is 0 Å². The van der Waals surface area contributed by atoms with Gasteiger partial charge in [-0.3, -0.25) is 0 Å². The van der Waals surface area contributed by atoms with Crippen LogP contribution in [0.5, 0.6) is 0 Å². The predicted molar refractivity (Wildman–Crippen MR) is 59.7 cm³/mol. The molecule has 1 saturated carbocycles. The summed E-state index contributed by atoms with van der Waals surface area (Å²) < 4.78 is 0. The summed E-state index contributed by atoms with van der Waals surface area (Å²) in [5, 5.41) is 0. The monoisotopic (exact) mass is 182 g/mol. The lowest BCUT2D eigenvalue weighted by atomic mass is 9.88. The second-order valence-electron chi connectivity index (χ2n) is 5.45. The summed E-state index contributed by atoms with van der Waals surface area (Å²) in [6.07, 6.45) is 7.37. The van der Waals surface area contributed by atoms with E-state index in [4.69, 9.17) is 0 Å². The van der Waals surface area contributed by atoms with Crippen LogP contribution < -0.4 is 0 Å². The van der Waals surface area contributed by atoms with Gasteiger partial charge in [0.25, 0.3) is 0 Å². The van der Waals surface area contributed by atoms with Gasteiger partial charge in [0.1, 0.15) is 0 Å². The first-order valence-electron chi connectivity index (χ1n) is 6.13. The van der Waals surface area contributed by atoms with Gasteiger partial charge in [0.05, 0.1) is 0 Å². The van der Waals surface area contributed by atoms with Gasteiger partial charge in [0.15, 0.2) is 0 Å².